The molecule has 0 bridgehead atoms. The van der Waals surface area contributed by atoms with E-state index in [1.165, 1.54) is 5.56 Å². The van der Waals surface area contributed by atoms with Crippen LogP contribution < -0.4 is 5.32 Å². The number of nitrogens with one attached hydrogen (secondary N) is 1. The van der Waals surface area contributed by atoms with Gasteiger partial charge < -0.3 is 9.88 Å². The monoisotopic (exact) mass is 229 g/mol. The molecule has 3 heteroatoms. The second kappa shape index (κ2) is 5.64. The maximum absolute atomic E-state index is 4.40. The zero-order valence-corrected chi connectivity index (χ0v) is 10.4. The van der Waals surface area contributed by atoms with Crippen LogP contribution in [-0.2, 0) is 13.5 Å². The Morgan fingerprint density at radius 1 is 1.29 bits per heavy atom. The Kier molecular flexibility index (Phi) is 3.94. The van der Waals surface area contributed by atoms with Gasteiger partial charge in [0.25, 0.3) is 0 Å². The van der Waals surface area contributed by atoms with E-state index in [9.17, 15) is 0 Å². The van der Waals surface area contributed by atoms with Gasteiger partial charge in [0.15, 0.2) is 0 Å². The molecule has 90 valence electrons. The van der Waals surface area contributed by atoms with E-state index in [-0.39, 0.29) is 0 Å². The van der Waals surface area contributed by atoms with E-state index in [0.29, 0.717) is 6.04 Å². The first-order chi connectivity index (χ1) is 8.29. The molecule has 0 spiro atoms. The summed E-state index contributed by atoms with van der Waals surface area (Å²) in [4.78, 5) is 4.40. The van der Waals surface area contributed by atoms with Crippen LogP contribution in [0.2, 0.25) is 0 Å². The molecule has 1 N–H and O–H groups in total. The Balaban J connectivity index is 1.97. The summed E-state index contributed by atoms with van der Waals surface area (Å²) in [6.07, 6.45) is 6.06. The molecule has 1 heterocycles. The number of aryl methyl sites for hydroxylation is 2. The highest BCUT2D eigenvalue weighted by atomic mass is 15.0. The van der Waals surface area contributed by atoms with Gasteiger partial charge in [-0.05, 0) is 25.5 Å². The summed E-state index contributed by atoms with van der Waals surface area (Å²) in [7, 11) is 3.99. The summed E-state index contributed by atoms with van der Waals surface area (Å²) in [5, 5.41) is 3.33. The van der Waals surface area contributed by atoms with Gasteiger partial charge in [0.1, 0.15) is 0 Å². The van der Waals surface area contributed by atoms with Gasteiger partial charge in [0.2, 0.25) is 0 Å². The lowest BCUT2D eigenvalue weighted by molar-refractivity contribution is 0.537. The topological polar surface area (TPSA) is 29.9 Å². The van der Waals surface area contributed by atoms with Gasteiger partial charge in [-0.3, -0.25) is 0 Å². The molecular weight excluding hydrogens is 210 g/mol. The first-order valence-corrected chi connectivity index (χ1v) is 5.98. The van der Waals surface area contributed by atoms with Crippen LogP contribution in [0.5, 0.6) is 0 Å². The fraction of sp³-hybridized carbons (Fsp3) is 0.357. The summed E-state index contributed by atoms with van der Waals surface area (Å²) in [5.41, 5.74) is 2.50. The number of imidazole rings is 1. The molecule has 0 fully saturated rings. The summed E-state index contributed by atoms with van der Waals surface area (Å²) in [6, 6.07) is 10.9. The largest absolute Gasteiger partial charge is 0.340 e. The van der Waals surface area contributed by atoms with E-state index < -0.39 is 0 Å². The highest BCUT2D eigenvalue weighted by molar-refractivity contribution is 5.15. The molecule has 2 aromatic rings. The lowest BCUT2D eigenvalue weighted by Gasteiger charge is -2.13. The van der Waals surface area contributed by atoms with E-state index in [1.807, 2.05) is 25.0 Å². The summed E-state index contributed by atoms with van der Waals surface area (Å²) in [6.45, 7) is 0. The lowest BCUT2D eigenvalue weighted by atomic mass is 10.0. The van der Waals surface area contributed by atoms with E-state index >= 15 is 0 Å². The van der Waals surface area contributed by atoms with Crippen LogP contribution in [-0.4, -0.2) is 16.6 Å². The molecular formula is C14H19N3. The third kappa shape index (κ3) is 3.17. The van der Waals surface area contributed by atoms with E-state index in [2.05, 4.69) is 46.8 Å². The minimum Gasteiger partial charge on any atom is -0.340 e. The van der Waals surface area contributed by atoms with Crippen LogP contribution in [0.25, 0.3) is 0 Å². The minimum absolute atomic E-state index is 0.330. The van der Waals surface area contributed by atoms with Gasteiger partial charge in [-0.2, -0.15) is 0 Å². The number of rotatable bonds is 5. The molecule has 0 aliphatic heterocycles. The average Bonchev–Trinajstić information content (AvgIpc) is 2.78. The van der Waals surface area contributed by atoms with Crippen LogP contribution in [0.4, 0.5) is 0 Å². The number of hydrogen-bond acceptors (Lipinski definition) is 2. The molecule has 17 heavy (non-hydrogen) atoms. The molecule has 3 nitrogen and oxygen atoms in total. The highest BCUT2D eigenvalue weighted by Crippen LogP contribution is 2.16. The molecule has 0 saturated heterocycles. The molecule has 1 aromatic heterocycles. The van der Waals surface area contributed by atoms with Crippen molar-refractivity contribution < 1.29 is 0 Å². The van der Waals surface area contributed by atoms with Crippen molar-refractivity contribution in [2.75, 3.05) is 7.05 Å². The Labute approximate surface area is 103 Å². The van der Waals surface area contributed by atoms with Crippen LogP contribution in [0.1, 0.15) is 23.7 Å². The normalized spacial score (nSPS) is 12.6. The van der Waals surface area contributed by atoms with Gasteiger partial charge in [-0.15, -0.1) is 0 Å². The Morgan fingerprint density at radius 3 is 2.65 bits per heavy atom. The third-order valence-electron chi connectivity index (χ3n) is 2.99. The zero-order chi connectivity index (χ0) is 12.1. The first kappa shape index (κ1) is 11.9. The Morgan fingerprint density at radius 2 is 2.06 bits per heavy atom. The second-order valence-electron chi connectivity index (χ2n) is 4.33. The Bertz CT molecular complexity index is 448. The fourth-order valence-corrected chi connectivity index (χ4v) is 2.01. The molecule has 0 aliphatic rings. The third-order valence-corrected chi connectivity index (χ3v) is 2.99. The first-order valence-electron chi connectivity index (χ1n) is 5.98. The van der Waals surface area contributed by atoms with Crippen LogP contribution >= 0.6 is 0 Å². The van der Waals surface area contributed by atoms with Crippen molar-refractivity contribution in [1.82, 2.24) is 14.9 Å². The van der Waals surface area contributed by atoms with Crippen LogP contribution in [0, 0.1) is 0 Å². The van der Waals surface area contributed by atoms with Gasteiger partial charge >= 0.3 is 0 Å². The summed E-state index contributed by atoms with van der Waals surface area (Å²) < 4.78 is 1.99. The molecule has 0 aliphatic carbocycles. The number of nitrogens with zero attached hydrogens (tertiary/aromatic N) is 2. The van der Waals surface area contributed by atoms with Crippen molar-refractivity contribution in [3.63, 3.8) is 0 Å². The smallest absolute Gasteiger partial charge is 0.0947 e. The van der Waals surface area contributed by atoms with E-state index in [1.54, 1.807) is 0 Å². The van der Waals surface area contributed by atoms with Gasteiger partial charge in [0.05, 0.1) is 18.1 Å². The summed E-state index contributed by atoms with van der Waals surface area (Å²) >= 11 is 0. The van der Waals surface area contributed by atoms with Crippen molar-refractivity contribution in [1.29, 1.82) is 0 Å². The van der Waals surface area contributed by atoms with Crippen molar-refractivity contribution >= 4 is 0 Å². The minimum atomic E-state index is 0.330. The lowest BCUT2D eigenvalue weighted by Crippen LogP contribution is -2.17. The van der Waals surface area contributed by atoms with Crippen molar-refractivity contribution in [2.45, 2.75) is 18.9 Å². The quantitative estimate of drug-likeness (QED) is 0.852. The SMILES string of the molecule is CNC(CCc1ccccc1)c1cn(C)cn1. The molecule has 0 radical (unpaired) electrons. The molecule has 0 saturated carbocycles. The maximum atomic E-state index is 4.40. The summed E-state index contributed by atoms with van der Waals surface area (Å²) in [5.74, 6) is 0. The van der Waals surface area contributed by atoms with Gasteiger partial charge in [-0.1, -0.05) is 30.3 Å². The maximum Gasteiger partial charge on any atom is 0.0947 e. The Hall–Kier alpha value is -1.61. The zero-order valence-electron chi connectivity index (χ0n) is 10.4. The van der Waals surface area contributed by atoms with Crippen molar-refractivity contribution in [3.05, 3.63) is 54.1 Å². The molecule has 2 rings (SSSR count). The average molecular weight is 229 g/mol. The van der Waals surface area contributed by atoms with E-state index in [4.69, 9.17) is 0 Å². The second-order valence-corrected chi connectivity index (χ2v) is 4.33. The number of benzene rings is 1. The molecule has 1 aromatic carbocycles. The molecule has 1 atom stereocenters. The predicted molar refractivity (Wildman–Crippen MR) is 69.8 cm³/mol. The van der Waals surface area contributed by atoms with Gasteiger partial charge in [0, 0.05) is 13.2 Å². The fourth-order valence-electron chi connectivity index (χ4n) is 2.01. The standard InChI is InChI=1S/C14H19N3/c1-15-13(14-10-17(2)11-16-14)9-8-12-6-4-3-5-7-12/h3-7,10-11,13,15H,8-9H2,1-2H3. The van der Waals surface area contributed by atoms with Gasteiger partial charge in [-0.25, -0.2) is 4.98 Å². The predicted octanol–water partition coefficient (Wildman–Crippen LogP) is 2.31. The molecule has 1 unspecified atom stereocenters. The number of aromatic nitrogens is 2. The van der Waals surface area contributed by atoms with Crippen molar-refractivity contribution in [2.24, 2.45) is 7.05 Å². The van der Waals surface area contributed by atoms with Crippen LogP contribution in [0.3, 0.4) is 0 Å². The number of hydrogen-bond donors (Lipinski definition) is 1. The molecule has 0 amide bonds. The van der Waals surface area contributed by atoms with E-state index in [0.717, 1.165) is 18.5 Å². The van der Waals surface area contributed by atoms with Crippen LogP contribution in [0.15, 0.2) is 42.9 Å². The van der Waals surface area contributed by atoms with Crippen molar-refractivity contribution in [3.8, 4) is 0 Å². The highest BCUT2D eigenvalue weighted by Gasteiger charge is 2.11.